The predicted octanol–water partition coefficient (Wildman–Crippen LogP) is 3.21. The summed E-state index contributed by atoms with van der Waals surface area (Å²) < 4.78 is 10.8. The molecule has 1 aromatic heterocycles. The molecule has 3 N–H and O–H groups in total. The van der Waals surface area contributed by atoms with Crippen molar-refractivity contribution >= 4 is 35.2 Å². The molecule has 0 bridgehead atoms. The second kappa shape index (κ2) is 10.6. The fraction of sp³-hybridized carbons (Fsp3) is 0.0455. The van der Waals surface area contributed by atoms with E-state index in [1.54, 1.807) is 36.4 Å². The van der Waals surface area contributed by atoms with E-state index in [1.807, 2.05) is 30.3 Å². The van der Waals surface area contributed by atoms with Crippen LogP contribution < -0.4 is 20.9 Å². The quantitative estimate of drug-likeness (QED) is 0.322. The number of furan rings is 1. The summed E-state index contributed by atoms with van der Waals surface area (Å²) in [6.45, 7) is 0.441. The van der Waals surface area contributed by atoms with Gasteiger partial charge in [-0.1, -0.05) is 30.3 Å². The summed E-state index contributed by atoms with van der Waals surface area (Å²) in [5.74, 6) is 0.313. The fourth-order valence-electron chi connectivity index (χ4n) is 2.36. The van der Waals surface area contributed by atoms with Gasteiger partial charge in [-0.3, -0.25) is 25.8 Å². The third kappa shape index (κ3) is 6.61. The number of hydrazine groups is 1. The van der Waals surface area contributed by atoms with Gasteiger partial charge < -0.3 is 9.15 Å². The first-order valence-electron chi connectivity index (χ1n) is 9.00. The largest absolute Gasteiger partial charge is 0.489 e. The van der Waals surface area contributed by atoms with Crippen molar-refractivity contribution in [2.45, 2.75) is 6.61 Å². The molecule has 30 heavy (non-hydrogen) atoms. The highest BCUT2D eigenvalue weighted by atomic mass is 32.1. The number of thiocarbonyl (C=S) groups is 1. The van der Waals surface area contributed by atoms with E-state index in [9.17, 15) is 9.59 Å². The minimum Gasteiger partial charge on any atom is -0.489 e. The summed E-state index contributed by atoms with van der Waals surface area (Å²) in [6.07, 6.45) is 4.27. The zero-order valence-electron chi connectivity index (χ0n) is 15.8. The van der Waals surface area contributed by atoms with Crippen LogP contribution in [0.2, 0.25) is 0 Å². The SMILES string of the molecule is O=C(/C=C/c1ccco1)NC(=S)NNC(=O)c1ccc(OCc2ccccc2)cc1. The molecule has 0 radical (unpaired) electrons. The highest BCUT2D eigenvalue weighted by Gasteiger charge is 2.07. The summed E-state index contributed by atoms with van der Waals surface area (Å²) in [5.41, 5.74) is 6.36. The Morgan fingerprint density at radius 3 is 2.43 bits per heavy atom. The molecule has 0 spiro atoms. The van der Waals surface area contributed by atoms with Gasteiger partial charge in [0.2, 0.25) is 5.91 Å². The van der Waals surface area contributed by atoms with Crippen molar-refractivity contribution in [1.29, 1.82) is 0 Å². The predicted molar refractivity (Wildman–Crippen MR) is 116 cm³/mol. The molecule has 2 amide bonds. The average molecular weight is 421 g/mol. The van der Waals surface area contributed by atoms with E-state index in [4.69, 9.17) is 21.4 Å². The molecule has 0 aliphatic rings. The van der Waals surface area contributed by atoms with Crippen LogP contribution in [0.1, 0.15) is 21.7 Å². The van der Waals surface area contributed by atoms with E-state index < -0.39 is 11.8 Å². The van der Waals surface area contributed by atoms with Crippen LogP contribution in [-0.2, 0) is 11.4 Å². The molecule has 7 nitrogen and oxygen atoms in total. The van der Waals surface area contributed by atoms with Crippen LogP contribution in [0, 0.1) is 0 Å². The molecule has 0 aliphatic heterocycles. The average Bonchev–Trinajstić information content (AvgIpc) is 3.29. The molecule has 0 atom stereocenters. The van der Waals surface area contributed by atoms with Gasteiger partial charge in [0.1, 0.15) is 18.1 Å². The van der Waals surface area contributed by atoms with Crippen molar-refractivity contribution in [2.75, 3.05) is 0 Å². The lowest BCUT2D eigenvalue weighted by Crippen LogP contribution is -2.48. The number of nitrogens with one attached hydrogen (secondary N) is 3. The van der Waals surface area contributed by atoms with Gasteiger partial charge in [0.05, 0.1) is 6.26 Å². The van der Waals surface area contributed by atoms with Gasteiger partial charge in [0.15, 0.2) is 5.11 Å². The normalized spacial score (nSPS) is 10.4. The smallest absolute Gasteiger partial charge is 0.269 e. The van der Waals surface area contributed by atoms with Crippen molar-refractivity contribution < 1.29 is 18.7 Å². The van der Waals surface area contributed by atoms with Gasteiger partial charge in [-0.2, -0.15) is 0 Å². The number of carbonyl (C=O) groups is 2. The summed E-state index contributed by atoms with van der Waals surface area (Å²) in [5, 5.41) is 2.37. The Balaban J connectivity index is 1.41. The Morgan fingerprint density at radius 2 is 1.73 bits per heavy atom. The molecule has 0 saturated heterocycles. The molecule has 152 valence electrons. The highest BCUT2D eigenvalue weighted by Crippen LogP contribution is 2.14. The molecule has 0 fully saturated rings. The van der Waals surface area contributed by atoms with Gasteiger partial charge in [0.25, 0.3) is 5.91 Å². The van der Waals surface area contributed by atoms with Gasteiger partial charge in [-0.25, -0.2) is 0 Å². The van der Waals surface area contributed by atoms with Gasteiger partial charge in [0, 0.05) is 11.6 Å². The topological polar surface area (TPSA) is 92.6 Å². The van der Waals surface area contributed by atoms with Crippen molar-refractivity contribution in [3.05, 3.63) is 96.0 Å². The molecular weight excluding hydrogens is 402 g/mol. The third-order valence-electron chi connectivity index (χ3n) is 3.83. The number of carbonyl (C=O) groups excluding carboxylic acids is 2. The molecule has 2 aromatic carbocycles. The maximum Gasteiger partial charge on any atom is 0.269 e. The molecular formula is C22H19N3O4S. The van der Waals surface area contributed by atoms with Crippen LogP contribution in [0.5, 0.6) is 5.75 Å². The molecule has 3 aromatic rings. The molecule has 0 unspecified atom stereocenters. The highest BCUT2D eigenvalue weighted by molar-refractivity contribution is 7.80. The third-order valence-corrected chi connectivity index (χ3v) is 4.04. The summed E-state index contributed by atoms with van der Waals surface area (Å²) in [7, 11) is 0. The lowest BCUT2D eigenvalue weighted by Gasteiger charge is -2.10. The van der Waals surface area contributed by atoms with Gasteiger partial charge in [-0.15, -0.1) is 0 Å². The maximum atomic E-state index is 12.2. The summed E-state index contributed by atoms with van der Waals surface area (Å²) in [6, 6.07) is 19.9. The zero-order chi connectivity index (χ0) is 21.2. The van der Waals surface area contributed by atoms with Crippen molar-refractivity contribution in [1.82, 2.24) is 16.2 Å². The minimum atomic E-state index is -0.460. The summed E-state index contributed by atoms with van der Waals surface area (Å²) in [4.78, 5) is 24.0. The monoisotopic (exact) mass is 421 g/mol. The van der Waals surface area contributed by atoms with Gasteiger partial charge >= 0.3 is 0 Å². The van der Waals surface area contributed by atoms with Crippen LogP contribution in [0.15, 0.2) is 83.5 Å². The number of hydrogen-bond donors (Lipinski definition) is 3. The van der Waals surface area contributed by atoms with Crippen molar-refractivity contribution in [3.63, 3.8) is 0 Å². The molecule has 8 heteroatoms. The van der Waals surface area contributed by atoms with E-state index in [0.717, 1.165) is 5.56 Å². The standard InChI is InChI=1S/C22H19N3O4S/c26-20(13-12-18-7-4-14-28-18)23-22(30)25-24-21(27)17-8-10-19(11-9-17)29-15-16-5-2-1-3-6-16/h1-14H,15H2,(H,24,27)(H2,23,25,26,30)/b13-12+. The second-order valence-electron chi connectivity index (χ2n) is 6.04. The van der Waals surface area contributed by atoms with Gasteiger partial charge in [-0.05, 0) is 60.3 Å². The van der Waals surface area contributed by atoms with E-state index in [0.29, 0.717) is 23.7 Å². The van der Waals surface area contributed by atoms with Crippen LogP contribution in [0.3, 0.4) is 0 Å². The number of benzene rings is 2. The molecule has 1 heterocycles. The molecule has 0 aliphatic carbocycles. The van der Waals surface area contributed by atoms with Crippen molar-refractivity contribution in [2.24, 2.45) is 0 Å². The van der Waals surface area contributed by atoms with Crippen LogP contribution in [-0.4, -0.2) is 16.9 Å². The van der Waals surface area contributed by atoms with Crippen molar-refractivity contribution in [3.8, 4) is 5.75 Å². The first-order chi connectivity index (χ1) is 14.6. The second-order valence-corrected chi connectivity index (χ2v) is 6.45. The van der Waals surface area contributed by atoms with E-state index in [1.165, 1.54) is 18.4 Å². The Bertz CT molecular complexity index is 1020. The first-order valence-corrected chi connectivity index (χ1v) is 9.40. The lowest BCUT2D eigenvalue weighted by atomic mass is 10.2. The number of hydrogen-bond acceptors (Lipinski definition) is 5. The van der Waals surface area contributed by atoms with Crippen LogP contribution in [0.4, 0.5) is 0 Å². The van der Waals surface area contributed by atoms with Crippen LogP contribution >= 0.6 is 12.2 Å². The van der Waals surface area contributed by atoms with E-state index in [2.05, 4.69) is 16.2 Å². The van der Waals surface area contributed by atoms with E-state index in [-0.39, 0.29) is 5.11 Å². The Hall–Kier alpha value is -3.91. The Kier molecular flexibility index (Phi) is 7.34. The number of amides is 2. The Labute approximate surface area is 178 Å². The molecule has 3 rings (SSSR count). The van der Waals surface area contributed by atoms with Crippen LogP contribution in [0.25, 0.3) is 6.08 Å². The lowest BCUT2D eigenvalue weighted by molar-refractivity contribution is -0.115. The summed E-state index contributed by atoms with van der Waals surface area (Å²) >= 11 is 4.98. The number of ether oxygens (including phenoxy) is 1. The van der Waals surface area contributed by atoms with E-state index >= 15 is 0 Å². The molecule has 0 saturated carbocycles. The zero-order valence-corrected chi connectivity index (χ0v) is 16.6. The first kappa shape index (κ1) is 20.8. The Morgan fingerprint density at radius 1 is 0.967 bits per heavy atom. The minimum absolute atomic E-state index is 0.0414. The fourth-order valence-corrected chi connectivity index (χ4v) is 2.51. The number of rotatable bonds is 6. The maximum absolute atomic E-state index is 12.2.